The van der Waals surface area contributed by atoms with E-state index in [1.165, 1.54) is 12.1 Å². The van der Waals surface area contributed by atoms with Crippen LogP contribution in [0.15, 0.2) is 40.8 Å². The van der Waals surface area contributed by atoms with Gasteiger partial charge in [0, 0.05) is 31.3 Å². The Morgan fingerprint density at radius 2 is 2.07 bits per heavy atom. The lowest BCUT2D eigenvalue weighted by atomic mass is 10.1. The second-order valence-electron chi connectivity index (χ2n) is 6.74. The summed E-state index contributed by atoms with van der Waals surface area (Å²) in [5.74, 6) is -0.617. The van der Waals surface area contributed by atoms with E-state index in [0.717, 1.165) is 0 Å². The molecule has 7 heteroatoms. The topological polar surface area (TPSA) is 75.4 Å². The first-order chi connectivity index (χ1) is 12.9. The number of halogens is 1. The molecule has 0 saturated carbocycles. The minimum absolute atomic E-state index is 0.120. The Balaban J connectivity index is 1.50. The Bertz CT molecular complexity index is 1060. The van der Waals surface area contributed by atoms with Crippen molar-refractivity contribution in [2.24, 2.45) is 5.92 Å². The SMILES string of the molecule is Cc1nc2cc(N3CC(C(=O)Nc4ccc(F)c(C)c4)CC3=O)ccc2o1. The van der Waals surface area contributed by atoms with E-state index in [-0.39, 0.29) is 30.6 Å². The number of hydrogen-bond donors (Lipinski definition) is 1. The lowest BCUT2D eigenvalue weighted by Gasteiger charge is -2.16. The number of nitrogens with one attached hydrogen (secondary N) is 1. The van der Waals surface area contributed by atoms with Gasteiger partial charge in [-0.3, -0.25) is 9.59 Å². The van der Waals surface area contributed by atoms with E-state index < -0.39 is 5.92 Å². The number of aromatic nitrogens is 1. The number of fused-ring (bicyclic) bond motifs is 1. The normalized spacial score (nSPS) is 16.9. The Morgan fingerprint density at radius 3 is 2.85 bits per heavy atom. The van der Waals surface area contributed by atoms with Crippen LogP contribution in [0.3, 0.4) is 0 Å². The monoisotopic (exact) mass is 367 g/mol. The van der Waals surface area contributed by atoms with Gasteiger partial charge in [-0.2, -0.15) is 0 Å². The van der Waals surface area contributed by atoms with Crippen LogP contribution < -0.4 is 10.2 Å². The maximum atomic E-state index is 13.4. The molecule has 2 amide bonds. The summed E-state index contributed by atoms with van der Waals surface area (Å²) in [5, 5.41) is 2.77. The third-order valence-corrected chi connectivity index (χ3v) is 4.71. The van der Waals surface area contributed by atoms with Gasteiger partial charge in [-0.1, -0.05) is 0 Å². The smallest absolute Gasteiger partial charge is 0.229 e. The fourth-order valence-electron chi connectivity index (χ4n) is 3.30. The Morgan fingerprint density at radius 1 is 1.26 bits per heavy atom. The van der Waals surface area contributed by atoms with Crippen molar-refractivity contribution < 1.29 is 18.4 Å². The molecule has 0 aliphatic carbocycles. The summed E-state index contributed by atoms with van der Waals surface area (Å²) in [6.45, 7) is 3.68. The average Bonchev–Trinajstić information content (AvgIpc) is 3.19. The van der Waals surface area contributed by atoms with Crippen LogP contribution in [0, 0.1) is 25.6 Å². The molecule has 4 rings (SSSR count). The molecule has 1 unspecified atom stereocenters. The third-order valence-electron chi connectivity index (χ3n) is 4.71. The fourth-order valence-corrected chi connectivity index (χ4v) is 3.30. The maximum Gasteiger partial charge on any atom is 0.229 e. The molecular weight excluding hydrogens is 349 g/mol. The van der Waals surface area contributed by atoms with E-state index in [0.29, 0.717) is 33.9 Å². The van der Waals surface area contributed by atoms with Crippen molar-refractivity contribution in [1.29, 1.82) is 0 Å². The standard InChI is InChI=1S/C20H18FN3O3/c1-11-7-14(3-5-16(11)21)23-20(26)13-8-19(25)24(10-13)15-4-6-18-17(9-15)22-12(2)27-18/h3-7,9,13H,8,10H2,1-2H3,(H,23,26). The summed E-state index contributed by atoms with van der Waals surface area (Å²) in [5.41, 5.74) is 2.99. The van der Waals surface area contributed by atoms with Crippen LogP contribution in [-0.4, -0.2) is 23.3 Å². The predicted molar refractivity (Wildman–Crippen MR) is 99.0 cm³/mol. The third kappa shape index (κ3) is 3.28. The Hall–Kier alpha value is -3.22. The van der Waals surface area contributed by atoms with E-state index in [4.69, 9.17) is 4.42 Å². The molecule has 6 nitrogen and oxygen atoms in total. The second-order valence-corrected chi connectivity index (χ2v) is 6.74. The van der Waals surface area contributed by atoms with Gasteiger partial charge in [-0.15, -0.1) is 0 Å². The molecular formula is C20H18FN3O3. The number of hydrogen-bond acceptors (Lipinski definition) is 4. The van der Waals surface area contributed by atoms with Gasteiger partial charge in [0.25, 0.3) is 0 Å². The molecule has 1 fully saturated rings. The van der Waals surface area contributed by atoms with Crippen molar-refractivity contribution in [3.05, 3.63) is 53.7 Å². The Kier molecular flexibility index (Phi) is 4.14. The summed E-state index contributed by atoms with van der Waals surface area (Å²) >= 11 is 0. The van der Waals surface area contributed by atoms with Crippen LogP contribution in [0.1, 0.15) is 17.9 Å². The molecule has 2 heterocycles. The van der Waals surface area contributed by atoms with Gasteiger partial charge in [-0.25, -0.2) is 9.37 Å². The van der Waals surface area contributed by atoms with E-state index in [9.17, 15) is 14.0 Å². The molecule has 1 aliphatic heterocycles. The first kappa shape index (κ1) is 17.2. The number of anilines is 2. The first-order valence-corrected chi connectivity index (χ1v) is 8.65. The summed E-state index contributed by atoms with van der Waals surface area (Å²) in [6, 6.07) is 9.73. The van der Waals surface area contributed by atoms with Crippen LogP contribution in [0.2, 0.25) is 0 Å². The van der Waals surface area contributed by atoms with Crippen molar-refractivity contribution in [2.45, 2.75) is 20.3 Å². The summed E-state index contributed by atoms with van der Waals surface area (Å²) < 4.78 is 18.8. The molecule has 3 aromatic rings. The van der Waals surface area contributed by atoms with Gasteiger partial charge in [-0.05, 0) is 48.9 Å². The number of amides is 2. The highest BCUT2D eigenvalue weighted by molar-refractivity contribution is 6.04. The van der Waals surface area contributed by atoms with Crippen LogP contribution in [-0.2, 0) is 9.59 Å². The van der Waals surface area contributed by atoms with Gasteiger partial charge in [0.05, 0.1) is 5.92 Å². The highest BCUT2D eigenvalue weighted by Gasteiger charge is 2.35. The highest BCUT2D eigenvalue weighted by atomic mass is 19.1. The van der Waals surface area contributed by atoms with Crippen LogP contribution in [0.25, 0.3) is 11.1 Å². The predicted octanol–water partition coefficient (Wildman–Crippen LogP) is 3.58. The van der Waals surface area contributed by atoms with Crippen LogP contribution in [0.4, 0.5) is 15.8 Å². The number of carbonyl (C=O) groups excluding carboxylic acids is 2. The molecule has 27 heavy (non-hydrogen) atoms. The number of rotatable bonds is 3. The zero-order valence-electron chi connectivity index (χ0n) is 15.0. The van der Waals surface area contributed by atoms with Crippen molar-refractivity contribution in [1.82, 2.24) is 4.98 Å². The number of oxazole rings is 1. The number of carbonyl (C=O) groups is 2. The molecule has 1 atom stereocenters. The minimum atomic E-state index is -0.474. The van der Waals surface area contributed by atoms with Gasteiger partial charge in [0.15, 0.2) is 11.5 Å². The number of benzene rings is 2. The van der Waals surface area contributed by atoms with Gasteiger partial charge < -0.3 is 14.6 Å². The zero-order chi connectivity index (χ0) is 19.1. The maximum absolute atomic E-state index is 13.4. The first-order valence-electron chi connectivity index (χ1n) is 8.65. The van der Waals surface area contributed by atoms with Crippen molar-refractivity contribution in [3.63, 3.8) is 0 Å². The van der Waals surface area contributed by atoms with E-state index in [2.05, 4.69) is 10.3 Å². The van der Waals surface area contributed by atoms with Gasteiger partial charge >= 0.3 is 0 Å². The van der Waals surface area contributed by atoms with Gasteiger partial charge in [0.2, 0.25) is 11.8 Å². The molecule has 1 saturated heterocycles. The summed E-state index contributed by atoms with van der Waals surface area (Å²) in [6.07, 6.45) is 0.127. The molecule has 1 N–H and O–H groups in total. The second kappa shape index (κ2) is 6.50. The molecule has 138 valence electrons. The largest absolute Gasteiger partial charge is 0.441 e. The molecule has 1 aliphatic rings. The fraction of sp³-hybridized carbons (Fsp3) is 0.250. The minimum Gasteiger partial charge on any atom is -0.441 e. The summed E-state index contributed by atoms with van der Waals surface area (Å²) in [4.78, 5) is 30.8. The van der Waals surface area contributed by atoms with E-state index in [1.807, 2.05) is 0 Å². The molecule has 0 spiro atoms. The molecule has 0 bridgehead atoms. The Labute approximate surface area is 155 Å². The summed E-state index contributed by atoms with van der Waals surface area (Å²) in [7, 11) is 0. The number of aryl methyl sites for hydroxylation is 2. The van der Waals surface area contributed by atoms with Gasteiger partial charge in [0.1, 0.15) is 11.3 Å². The van der Waals surface area contributed by atoms with Crippen molar-refractivity contribution >= 4 is 34.3 Å². The lowest BCUT2D eigenvalue weighted by molar-refractivity contribution is -0.122. The van der Waals surface area contributed by atoms with Crippen LogP contribution >= 0.6 is 0 Å². The highest BCUT2D eigenvalue weighted by Crippen LogP contribution is 2.29. The van der Waals surface area contributed by atoms with Crippen molar-refractivity contribution in [2.75, 3.05) is 16.8 Å². The molecule has 0 radical (unpaired) electrons. The zero-order valence-corrected chi connectivity index (χ0v) is 15.0. The molecule has 1 aromatic heterocycles. The number of nitrogens with zero attached hydrogens (tertiary/aromatic N) is 2. The lowest BCUT2D eigenvalue weighted by Crippen LogP contribution is -2.28. The van der Waals surface area contributed by atoms with E-state index in [1.54, 1.807) is 43.0 Å². The molecule has 2 aromatic carbocycles. The van der Waals surface area contributed by atoms with E-state index >= 15 is 0 Å². The van der Waals surface area contributed by atoms with Crippen molar-refractivity contribution in [3.8, 4) is 0 Å². The van der Waals surface area contributed by atoms with Crippen LogP contribution in [0.5, 0.6) is 0 Å². The average molecular weight is 367 g/mol. The quantitative estimate of drug-likeness (QED) is 0.768.